The first-order chi connectivity index (χ1) is 31.3. The zero-order valence-corrected chi connectivity index (χ0v) is 39.8. The van der Waals surface area contributed by atoms with E-state index in [-0.39, 0.29) is 58.0 Å². The molecule has 3 aliphatic heterocycles. The van der Waals surface area contributed by atoms with Gasteiger partial charge in [0.1, 0.15) is 61.0 Å². The monoisotopic (exact) mass is 959 g/mol. The van der Waals surface area contributed by atoms with E-state index in [1.54, 1.807) is 0 Å². The number of carbonyl (C=O) groups is 1. The third-order valence-corrected chi connectivity index (χ3v) is 19.8. The number of rotatable bonds is 10. The highest BCUT2D eigenvalue weighted by atomic mass is 16.8. The van der Waals surface area contributed by atoms with Crippen LogP contribution in [0, 0.1) is 50.2 Å². The molecule has 4 saturated carbocycles. The second kappa shape index (κ2) is 18.2. The minimum absolute atomic E-state index is 0.0116. The predicted molar refractivity (Wildman–Crippen MR) is 232 cm³/mol. The normalized spacial score (nSPS) is 56.7. The van der Waals surface area contributed by atoms with Gasteiger partial charge in [0.25, 0.3) is 0 Å². The van der Waals surface area contributed by atoms with Crippen molar-refractivity contribution in [1.29, 1.82) is 0 Å². The summed E-state index contributed by atoms with van der Waals surface area (Å²) in [6.45, 7) is 13.6. The lowest BCUT2D eigenvalue weighted by molar-refractivity contribution is -0.396. The van der Waals surface area contributed by atoms with Crippen LogP contribution < -0.4 is 0 Å². The molecule has 3 unspecified atom stereocenters. The van der Waals surface area contributed by atoms with Gasteiger partial charge in [-0.05, 0) is 104 Å². The summed E-state index contributed by atoms with van der Waals surface area (Å²) in [5.41, 5.74) is -0.887. The van der Waals surface area contributed by atoms with Crippen LogP contribution in [0.4, 0.5) is 0 Å². The first-order valence-electron chi connectivity index (χ1n) is 24.4. The van der Waals surface area contributed by atoms with Gasteiger partial charge in [-0.2, -0.15) is 0 Å². The molecular formula is C48H78O19. The van der Waals surface area contributed by atoms with Crippen molar-refractivity contribution in [1.82, 2.24) is 0 Å². The highest BCUT2D eigenvalue weighted by Crippen LogP contribution is 2.76. The Hall–Kier alpha value is -1.47. The number of carboxylic acids is 1. The van der Waals surface area contributed by atoms with Crippen LogP contribution in [0.5, 0.6) is 0 Å². The Morgan fingerprint density at radius 1 is 0.657 bits per heavy atom. The van der Waals surface area contributed by atoms with Gasteiger partial charge in [-0.1, -0.05) is 53.2 Å². The number of carboxylic acid groups (broad SMARTS) is 1. The fourth-order valence-electron chi connectivity index (χ4n) is 15.1. The van der Waals surface area contributed by atoms with Crippen molar-refractivity contribution < 1.29 is 94.5 Å². The van der Waals surface area contributed by atoms with Gasteiger partial charge in [0, 0.05) is 17.4 Å². The molecule has 0 aromatic heterocycles. The van der Waals surface area contributed by atoms with Crippen LogP contribution in [0.3, 0.4) is 0 Å². The van der Waals surface area contributed by atoms with E-state index in [1.807, 2.05) is 6.92 Å². The van der Waals surface area contributed by atoms with Crippen molar-refractivity contribution >= 4 is 5.97 Å². The van der Waals surface area contributed by atoms with Gasteiger partial charge in [-0.25, -0.2) is 4.79 Å². The second-order valence-corrected chi connectivity index (χ2v) is 23.4. The van der Waals surface area contributed by atoms with E-state index in [1.165, 1.54) is 12.5 Å². The van der Waals surface area contributed by atoms with Gasteiger partial charge in [0.15, 0.2) is 25.0 Å². The van der Waals surface area contributed by atoms with Crippen molar-refractivity contribution in [2.24, 2.45) is 50.2 Å². The van der Waals surface area contributed by atoms with Gasteiger partial charge in [-0.15, -0.1) is 0 Å². The Morgan fingerprint density at radius 2 is 1.30 bits per heavy atom. The highest BCUT2D eigenvalue weighted by Gasteiger charge is 2.70. The fraction of sp³-hybridized carbons (Fsp3) is 0.938. The molecule has 19 heteroatoms. The summed E-state index contributed by atoms with van der Waals surface area (Å²) in [5.74, 6) is -1.41. The van der Waals surface area contributed by atoms with E-state index in [4.69, 9.17) is 28.4 Å². The van der Waals surface area contributed by atoms with E-state index in [9.17, 15) is 66.1 Å². The van der Waals surface area contributed by atoms with Gasteiger partial charge < -0.3 is 89.7 Å². The average molecular weight is 959 g/mol. The molecule has 7 fully saturated rings. The van der Waals surface area contributed by atoms with Crippen LogP contribution in [0.25, 0.3) is 0 Å². The summed E-state index contributed by atoms with van der Waals surface area (Å²) in [6.07, 6.45) is -18.8. The summed E-state index contributed by atoms with van der Waals surface area (Å²) < 4.78 is 36.2. The van der Waals surface area contributed by atoms with Crippen molar-refractivity contribution in [2.45, 2.75) is 211 Å². The van der Waals surface area contributed by atoms with Gasteiger partial charge in [0.05, 0.1) is 31.5 Å². The van der Waals surface area contributed by atoms with Crippen molar-refractivity contribution in [2.75, 3.05) is 19.8 Å². The molecule has 8 aliphatic rings. The van der Waals surface area contributed by atoms with Crippen molar-refractivity contribution in [3.05, 3.63) is 11.6 Å². The van der Waals surface area contributed by atoms with E-state index >= 15 is 0 Å². The number of ether oxygens (including phenoxy) is 6. The molecule has 12 N–H and O–H groups in total. The number of aliphatic carboxylic acids is 1. The first kappa shape index (κ1) is 51.9. The van der Waals surface area contributed by atoms with Crippen LogP contribution in [-0.2, 0) is 33.2 Å². The quantitative estimate of drug-likeness (QED) is 0.0986. The molecule has 0 aromatic carbocycles. The molecule has 3 saturated heterocycles. The Morgan fingerprint density at radius 3 is 1.93 bits per heavy atom. The maximum Gasteiger partial charge on any atom is 0.335 e. The standard InChI is InChI=1S/C48H78O19/c1-21-29(53)31(55)35(59)40(62-21)66-37-32(56)30(54)24(18-49)63-41(37)67-38-34(58)33(57)36(39(60)61)65-42(38)64-28-11-12-45(4)25(46(28,5)20-51)10-13-48(7)26(45)9-8-22-23-16-43(2,19-50)17-27(52)44(23,3)14-15-47(22,48)6/h8,21,23-38,40-42,49-59H,9-20H2,1-7H3,(H,60,61)/t21-,23?,24+,25?,26?,27+,28-,29-,30-,31+,32-,33-,34-,35+,36-,37+,38+,40-,41-,42+,43+,44+,45-,46+,47-,48+/m0/s1. The lowest BCUT2D eigenvalue weighted by Crippen LogP contribution is -2.68. The summed E-state index contributed by atoms with van der Waals surface area (Å²) in [7, 11) is 0. The molecular weight excluding hydrogens is 881 g/mol. The van der Waals surface area contributed by atoms with Crippen LogP contribution >= 0.6 is 0 Å². The van der Waals surface area contributed by atoms with Crippen LogP contribution in [0.15, 0.2) is 11.6 Å². The largest absolute Gasteiger partial charge is 0.479 e. The van der Waals surface area contributed by atoms with Crippen LogP contribution in [0.2, 0.25) is 0 Å². The topological polar surface area (TPSA) is 315 Å². The third kappa shape index (κ3) is 8.01. The Bertz CT molecular complexity index is 1840. The Balaban J connectivity index is 1.08. The maximum atomic E-state index is 12.5. The first-order valence-corrected chi connectivity index (χ1v) is 24.4. The molecule has 0 radical (unpaired) electrons. The molecule has 67 heavy (non-hydrogen) atoms. The third-order valence-electron chi connectivity index (χ3n) is 19.8. The summed E-state index contributed by atoms with van der Waals surface area (Å²) >= 11 is 0. The smallest absolute Gasteiger partial charge is 0.335 e. The predicted octanol–water partition coefficient (Wildman–Crippen LogP) is -0.323. The van der Waals surface area contributed by atoms with E-state index in [0.29, 0.717) is 19.3 Å². The SMILES string of the molecule is C[C@@H]1O[C@@H](O[C@H]2[C@H](O[C@H]3[C@H](O[C@H]4CC[C@@]5(C)C(CC[C@]6(C)C5CC=C5C7C[C@@](C)(CO)C[C@@H](O)[C@]7(C)CC[C@@]56C)[C@@]4(C)CO)O[C@H](C(=O)O)[C@@H](O)[C@@H]3O)O[C@H](CO)[C@H](O)[C@@H]2O)[C@H](O)[C@H](O)[C@H]1O. The minimum atomic E-state index is -2.08. The fourth-order valence-corrected chi connectivity index (χ4v) is 15.1. The van der Waals surface area contributed by atoms with Crippen LogP contribution in [0.1, 0.15) is 106 Å². The average Bonchev–Trinajstić information content (AvgIpc) is 3.28. The lowest BCUT2D eigenvalue weighted by atomic mass is 9.33. The number of aliphatic hydroxyl groups excluding tert-OH is 11. The molecule has 8 rings (SSSR count). The van der Waals surface area contributed by atoms with Crippen LogP contribution in [-0.4, -0.2) is 191 Å². The number of hydrogen-bond donors (Lipinski definition) is 12. The van der Waals surface area contributed by atoms with Gasteiger partial charge in [-0.3, -0.25) is 0 Å². The Labute approximate surface area is 392 Å². The zero-order chi connectivity index (χ0) is 49.1. The molecule has 0 amide bonds. The van der Waals surface area contributed by atoms with E-state index < -0.39 is 122 Å². The van der Waals surface area contributed by atoms with Gasteiger partial charge >= 0.3 is 5.97 Å². The van der Waals surface area contributed by atoms with Gasteiger partial charge in [0.2, 0.25) is 0 Å². The molecule has 3 heterocycles. The number of hydrogen-bond acceptors (Lipinski definition) is 18. The molecule has 384 valence electrons. The molecule has 19 nitrogen and oxygen atoms in total. The number of fused-ring (bicyclic) bond motifs is 7. The second-order valence-electron chi connectivity index (χ2n) is 23.4. The highest BCUT2D eigenvalue weighted by molar-refractivity contribution is 5.73. The molecule has 0 spiro atoms. The zero-order valence-electron chi connectivity index (χ0n) is 39.8. The van der Waals surface area contributed by atoms with Crippen molar-refractivity contribution in [3.63, 3.8) is 0 Å². The lowest BCUT2D eigenvalue weighted by Gasteiger charge is -2.72. The number of allylic oxidation sites excluding steroid dienone is 2. The summed E-state index contributed by atoms with van der Waals surface area (Å²) in [4.78, 5) is 12.5. The minimum Gasteiger partial charge on any atom is -0.479 e. The molecule has 0 bridgehead atoms. The number of aliphatic hydroxyl groups is 11. The molecule has 5 aliphatic carbocycles. The molecule has 26 atom stereocenters. The van der Waals surface area contributed by atoms with E-state index in [2.05, 4.69) is 40.7 Å². The summed E-state index contributed by atoms with van der Waals surface area (Å²) in [6, 6.07) is 0. The van der Waals surface area contributed by atoms with E-state index in [0.717, 1.165) is 38.5 Å². The van der Waals surface area contributed by atoms with Crippen molar-refractivity contribution in [3.8, 4) is 0 Å². The maximum absolute atomic E-state index is 12.5. The summed E-state index contributed by atoms with van der Waals surface area (Å²) in [5, 5.41) is 130. The Kier molecular flexibility index (Phi) is 14.1. The molecule has 0 aromatic rings.